The average molecular weight is 281 g/mol. The monoisotopic (exact) mass is 281 g/mol. The van der Waals surface area contributed by atoms with Gasteiger partial charge in [0.25, 0.3) is 0 Å². The zero-order chi connectivity index (χ0) is 14.4. The van der Waals surface area contributed by atoms with Gasteiger partial charge in [0.2, 0.25) is 11.8 Å². The summed E-state index contributed by atoms with van der Waals surface area (Å²) < 4.78 is 5.21. The summed E-state index contributed by atoms with van der Waals surface area (Å²) >= 11 is 0. The number of rotatable bonds is 1. The maximum absolute atomic E-state index is 12.3. The van der Waals surface area contributed by atoms with Crippen molar-refractivity contribution < 1.29 is 9.53 Å². The molecule has 1 aromatic heterocycles. The summed E-state index contributed by atoms with van der Waals surface area (Å²) in [5.74, 6) is 1.37. The summed E-state index contributed by atoms with van der Waals surface area (Å²) in [7, 11) is 1.60. The molecular weight excluding hydrogens is 266 g/mol. The summed E-state index contributed by atoms with van der Waals surface area (Å²) in [4.78, 5) is 18.9. The van der Waals surface area contributed by atoms with E-state index in [9.17, 15) is 4.79 Å². The lowest BCUT2D eigenvalue weighted by Crippen LogP contribution is -2.51. The lowest BCUT2D eigenvalue weighted by atomic mass is 9.92. The Morgan fingerprint density at radius 3 is 2.86 bits per heavy atom. The highest BCUT2D eigenvalue weighted by Crippen LogP contribution is 2.37. The second-order valence-corrected chi connectivity index (χ2v) is 5.33. The van der Waals surface area contributed by atoms with E-state index in [2.05, 4.69) is 27.3 Å². The molecule has 1 atom stereocenters. The highest BCUT2D eigenvalue weighted by molar-refractivity contribution is 6.03. The number of carbonyl (C=O) groups excluding carboxylic acids is 1. The predicted octanol–water partition coefficient (Wildman–Crippen LogP) is 1.97. The standard InChI is InChI=1S/C16H15N3O2/c1-21-14-7-6-12-15(18-14)19-9-11-5-3-2-4-10(11)8-13(19)16(20)17-12/h2-7,13H,8-9H2,1H3,(H,17,20). The van der Waals surface area contributed by atoms with E-state index in [4.69, 9.17) is 4.74 Å². The van der Waals surface area contributed by atoms with Crippen molar-refractivity contribution in [3.63, 3.8) is 0 Å². The van der Waals surface area contributed by atoms with E-state index in [-0.39, 0.29) is 11.9 Å². The van der Waals surface area contributed by atoms with Gasteiger partial charge in [-0.05, 0) is 17.2 Å². The van der Waals surface area contributed by atoms with Crippen LogP contribution in [-0.4, -0.2) is 24.0 Å². The molecule has 0 bridgehead atoms. The molecule has 0 saturated carbocycles. The molecule has 0 radical (unpaired) electrons. The average Bonchev–Trinajstić information content (AvgIpc) is 2.53. The van der Waals surface area contributed by atoms with Crippen LogP contribution in [0.1, 0.15) is 11.1 Å². The van der Waals surface area contributed by atoms with Gasteiger partial charge >= 0.3 is 0 Å². The summed E-state index contributed by atoms with van der Waals surface area (Å²) in [6.07, 6.45) is 0.709. The fourth-order valence-electron chi connectivity index (χ4n) is 3.06. The first-order chi connectivity index (χ1) is 10.3. The maximum atomic E-state index is 12.3. The number of nitrogens with one attached hydrogen (secondary N) is 1. The minimum Gasteiger partial charge on any atom is -0.481 e. The molecule has 4 rings (SSSR count). The number of hydrogen-bond acceptors (Lipinski definition) is 4. The summed E-state index contributed by atoms with van der Waals surface area (Å²) in [5, 5.41) is 2.94. The van der Waals surface area contributed by atoms with Crippen LogP contribution in [0.5, 0.6) is 5.88 Å². The highest BCUT2D eigenvalue weighted by atomic mass is 16.5. The number of hydrogen-bond donors (Lipinski definition) is 1. The maximum Gasteiger partial charge on any atom is 0.247 e. The fourth-order valence-corrected chi connectivity index (χ4v) is 3.06. The number of pyridine rings is 1. The first-order valence-electron chi connectivity index (χ1n) is 6.95. The molecule has 3 heterocycles. The van der Waals surface area contributed by atoms with Gasteiger partial charge in [-0.1, -0.05) is 24.3 Å². The molecule has 1 amide bonds. The van der Waals surface area contributed by atoms with E-state index in [0.29, 0.717) is 18.8 Å². The van der Waals surface area contributed by atoms with Gasteiger partial charge in [0.15, 0.2) is 5.82 Å². The van der Waals surface area contributed by atoms with E-state index >= 15 is 0 Å². The number of fused-ring (bicyclic) bond motifs is 4. The third-order valence-electron chi connectivity index (χ3n) is 4.14. The Balaban J connectivity index is 1.82. The van der Waals surface area contributed by atoms with E-state index in [1.165, 1.54) is 11.1 Å². The number of methoxy groups -OCH3 is 1. The number of amides is 1. The normalized spacial score (nSPS) is 19.2. The molecule has 21 heavy (non-hydrogen) atoms. The summed E-state index contributed by atoms with van der Waals surface area (Å²) in [5.41, 5.74) is 3.23. The van der Waals surface area contributed by atoms with E-state index < -0.39 is 0 Å². The first kappa shape index (κ1) is 12.2. The van der Waals surface area contributed by atoms with Gasteiger partial charge in [0.05, 0.1) is 12.8 Å². The number of nitrogens with zero attached hydrogens (tertiary/aromatic N) is 2. The molecule has 0 spiro atoms. The largest absolute Gasteiger partial charge is 0.481 e. The van der Waals surface area contributed by atoms with Gasteiger partial charge in [-0.25, -0.2) is 0 Å². The van der Waals surface area contributed by atoms with Gasteiger partial charge in [-0.2, -0.15) is 4.98 Å². The van der Waals surface area contributed by atoms with Gasteiger partial charge < -0.3 is 15.0 Å². The molecule has 2 aromatic rings. The minimum absolute atomic E-state index is 0.0315. The molecule has 0 fully saturated rings. The van der Waals surface area contributed by atoms with E-state index in [1.54, 1.807) is 13.2 Å². The van der Waals surface area contributed by atoms with Crippen molar-refractivity contribution in [2.75, 3.05) is 17.3 Å². The third kappa shape index (κ3) is 1.85. The topological polar surface area (TPSA) is 54.5 Å². The predicted molar refractivity (Wildman–Crippen MR) is 79.5 cm³/mol. The molecule has 0 saturated heterocycles. The van der Waals surface area contributed by atoms with Crippen molar-refractivity contribution in [1.82, 2.24) is 4.98 Å². The molecule has 106 valence electrons. The van der Waals surface area contributed by atoms with Crippen LogP contribution in [-0.2, 0) is 17.8 Å². The Kier molecular flexibility index (Phi) is 2.60. The van der Waals surface area contributed by atoms with E-state index in [1.807, 2.05) is 18.2 Å². The van der Waals surface area contributed by atoms with Gasteiger partial charge in [-0.15, -0.1) is 0 Å². The number of aromatic nitrogens is 1. The molecule has 5 nitrogen and oxygen atoms in total. The summed E-state index contributed by atoms with van der Waals surface area (Å²) in [6.45, 7) is 0.696. The highest BCUT2D eigenvalue weighted by Gasteiger charge is 2.37. The lowest BCUT2D eigenvalue weighted by Gasteiger charge is -2.40. The molecule has 1 N–H and O–H groups in total. The Labute approximate surface area is 122 Å². The smallest absolute Gasteiger partial charge is 0.247 e. The van der Waals surface area contributed by atoms with Crippen molar-refractivity contribution in [3.05, 3.63) is 47.5 Å². The first-order valence-corrected chi connectivity index (χ1v) is 6.95. The zero-order valence-electron chi connectivity index (χ0n) is 11.7. The second kappa shape index (κ2) is 4.48. The third-order valence-corrected chi connectivity index (χ3v) is 4.14. The van der Waals surface area contributed by atoms with Crippen molar-refractivity contribution in [2.24, 2.45) is 0 Å². The van der Waals surface area contributed by atoms with Crippen molar-refractivity contribution in [3.8, 4) is 5.88 Å². The second-order valence-electron chi connectivity index (χ2n) is 5.33. The Morgan fingerprint density at radius 2 is 2.05 bits per heavy atom. The Hall–Kier alpha value is -2.56. The zero-order valence-corrected chi connectivity index (χ0v) is 11.7. The molecule has 1 unspecified atom stereocenters. The van der Waals surface area contributed by atoms with Crippen LogP contribution >= 0.6 is 0 Å². The van der Waals surface area contributed by atoms with Crippen LogP contribution in [0.25, 0.3) is 0 Å². The number of anilines is 2. The van der Waals surface area contributed by atoms with Gasteiger partial charge in [-0.3, -0.25) is 4.79 Å². The molecular formula is C16H15N3O2. The number of carbonyl (C=O) groups is 1. The molecule has 2 aliphatic rings. The lowest BCUT2D eigenvalue weighted by molar-refractivity contribution is -0.117. The van der Waals surface area contributed by atoms with E-state index in [0.717, 1.165) is 11.5 Å². The van der Waals surface area contributed by atoms with Crippen LogP contribution in [0.3, 0.4) is 0 Å². The van der Waals surface area contributed by atoms with Gasteiger partial charge in [0, 0.05) is 19.0 Å². The molecule has 1 aromatic carbocycles. The Morgan fingerprint density at radius 1 is 1.24 bits per heavy atom. The van der Waals surface area contributed by atoms with Gasteiger partial charge in [0.1, 0.15) is 6.04 Å². The van der Waals surface area contributed by atoms with Crippen molar-refractivity contribution in [2.45, 2.75) is 19.0 Å². The van der Waals surface area contributed by atoms with Crippen LogP contribution in [0.15, 0.2) is 36.4 Å². The minimum atomic E-state index is -0.202. The summed E-state index contributed by atoms with van der Waals surface area (Å²) in [6, 6.07) is 11.7. The van der Waals surface area contributed by atoms with Crippen LogP contribution in [0, 0.1) is 0 Å². The van der Waals surface area contributed by atoms with Crippen molar-refractivity contribution in [1.29, 1.82) is 0 Å². The molecule has 2 aliphatic heterocycles. The van der Waals surface area contributed by atoms with Crippen LogP contribution in [0.2, 0.25) is 0 Å². The van der Waals surface area contributed by atoms with Crippen LogP contribution < -0.4 is 15.0 Å². The number of benzene rings is 1. The SMILES string of the molecule is COc1ccc2c(n1)N1Cc3ccccc3CC1C(=O)N2. The Bertz CT molecular complexity index is 729. The van der Waals surface area contributed by atoms with Crippen molar-refractivity contribution >= 4 is 17.4 Å². The molecule has 0 aliphatic carbocycles. The fraction of sp³-hybridized carbons (Fsp3) is 0.250. The number of ether oxygens (including phenoxy) is 1. The molecule has 5 heteroatoms. The van der Waals surface area contributed by atoms with Crippen LogP contribution in [0.4, 0.5) is 11.5 Å². The quantitative estimate of drug-likeness (QED) is 0.868.